The molecule has 12 heteroatoms. The van der Waals surface area contributed by atoms with E-state index in [0.29, 0.717) is 33.8 Å². The number of carbonyl (C=O) groups excluding carboxylic acids is 4. The molecule has 250 valence electrons. The van der Waals surface area contributed by atoms with Crippen molar-refractivity contribution >= 4 is 36.2 Å². The molecular weight excluding hydrogens is 640 g/mol. The van der Waals surface area contributed by atoms with Crippen LogP contribution in [0.4, 0.5) is 0 Å². The molecule has 0 aliphatic rings. The van der Waals surface area contributed by atoms with Crippen LogP contribution in [0.1, 0.15) is 52.6 Å². The zero-order chi connectivity index (χ0) is 35.3. The van der Waals surface area contributed by atoms with Crippen LogP contribution in [0.3, 0.4) is 0 Å². The standard InChI is InChI=1S/C38H30N4O8/c1-47-33-13-7-5-11-31(33)35(43)41-39-23-25-15-19-27(20-16-25)49-37(45)29-9-3-4-10-30(29)38(46)50-28-21-17-26(18-22-28)24-40-42-36(44)32-12-6-8-14-34(32)48-2/h3-24H,1-2H3,(H,41,43)(H,42,44)/b39-23+,40-24+. The van der Waals surface area contributed by atoms with Gasteiger partial charge in [0.25, 0.3) is 11.8 Å². The van der Waals surface area contributed by atoms with Crippen molar-refractivity contribution in [2.45, 2.75) is 0 Å². The fourth-order valence-corrected chi connectivity index (χ4v) is 4.52. The van der Waals surface area contributed by atoms with Gasteiger partial charge in [0.2, 0.25) is 0 Å². The SMILES string of the molecule is COc1ccccc1C(=O)N/N=C/c1ccc(OC(=O)c2ccccc2C(=O)Oc2ccc(/C=N/NC(=O)c3ccccc3OC)cc2)cc1. The fourth-order valence-electron chi connectivity index (χ4n) is 4.52. The van der Waals surface area contributed by atoms with E-state index in [-0.39, 0.29) is 22.6 Å². The molecule has 2 N–H and O–H groups in total. The van der Waals surface area contributed by atoms with E-state index in [1.54, 1.807) is 109 Å². The summed E-state index contributed by atoms with van der Waals surface area (Å²) in [6, 6.07) is 32.5. The van der Waals surface area contributed by atoms with Crippen molar-refractivity contribution in [1.29, 1.82) is 0 Å². The lowest BCUT2D eigenvalue weighted by molar-refractivity contribution is 0.0692. The van der Waals surface area contributed by atoms with Gasteiger partial charge in [0, 0.05) is 0 Å². The second-order valence-corrected chi connectivity index (χ2v) is 10.3. The summed E-state index contributed by atoms with van der Waals surface area (Å²) >= 11 is 0. The number of amides is 2. The minimum atomic E-state index is -0.759. The number of carbonyl (C=O) groups is 4. The molecule has 2 amide bonds. The highest BCUT2D eigenvalue weighted by molar-refractivity contribution is 6.04. The van der Waals surface area contributed by atoms with Crippen molar-refractivity contribution < 1.29 is 38.1 Å². The largest absolute Gasteiger partial charge is 0.496 e. The maximum absolute atomic E-state index is 13.1. The maximum Gasteiger partial charge on any atom is 0.344 e. The Hall–Kier alpha value is -7.08. The van der Waals surface area contributed by atoms with Gasteiger partial charge in [-0.2, -0.15) is 10.2 Å². The van der Waals surface area contributed by atoms with E-state index in [4.69, 9.17) is 18.9 Å². The summed E-state index contributed by atoms with van der Waals surface area (Å²) in [7, 11) is 2.95. The van der Waals surface area contributed by atoms with Crippen LogP contribution in [0.5, 0.6) is 23.0 Å². The van der Waals surface area contributed by atoms with Crippen LogP contribution in [0.15, 0.2) is 132 Å². The smallest absolute Gasteiger partial charge is 0.344 e. The third kappa shape index (κ3) is 8.83. The lowest BCUT2D eigenvalue weighted by atomic mass is 10.1. The van der Waals surface area contributed by atoms with E-state index in [2.05, 4.69) is 21.1 Å². The molecule has 0 fully saturated rings. The molecule has 0 saturated carbocycles. The Bertz CT molecular complexity index is 1910. The topological polar surface area (TPSA) is 154 Å². The Morgan fingerprint density at radius 2 is 0.820 bits per heavy atom. The molecule has 0 unspecified atom stereocenters. The fraction of sp³-hybridized carbons (Fsp3) is 0.0526. The molecule has 5 aromatic carbocycles. The number of nitrogens with one attached hydrogen (secondary N) is 2. The second kappa shape index (κ2) is 16.7. The Labute approximate surface area is 287 Å². The van der Waals surface area contributed by atoms with Crippen molar-refractivity contribution in [1.82, 2.24) is 10.9 Å². The van der Waals surface area contributed by atoms with Gasteiger partial charge in [-0.05, 0) is 96.1 Å². The lowest BCUT2D eigenvalue weighted by Gasteiger charge is -2.10. The predicted molar refractivity (Wildman–Crippen MR) is 185 cm³/mol. The van der Waals surface area contributed by atoms with E-state index >= 15 is 0 Å². The molecular formula is C38H30N4O8. The molecule has 5 aromatic rings. The zero-order valence-electron chi connectivity index (χ0n) is 26.9. The number of ether oxygens (including phenoxy) is 4. The first-order valence-electron chi connectivity index (χ1n) is 15.0. The van der Waals surface area contributed by atoms with Gasteiger partial charge < -0.3 is 18.9 Å². The zero-order valence-corrected chi connectivity index (χ0v) is 26.9. The van der Waals surface area contributed by atoms with Crippen molar-refractivity contribution in [2.24, 2.45) is 10.2 Å². The Morgan fingerprint density at radius 3 is 1.18 bits per heavy atom. The number of nitrogens with zero attached hydrogens (tertiary/aromatic N) is 2. The van der Waals surface area contributed by atoms with Crippen molar-refractivity contribution in [2.75, 3.05) is 14.2 Å². The average molecular weight is 671 g/mol. The van der Waals surface area contributed by atoms with E-state index in [9.17, 15) is 19.2 Å². The van der Waals surface area contributed by atoms with Crippen LogP contribution < -0.4 is 29.8 Å². The number of esters is 2. The second-order valence-electron chi connectivity index (χ2n) is 10.3. The third-order valence-electron chi connectivity index (χ3n) is 7.01. The average Bonchev–Trinajstić information content (AvgIpc) is 3.16. The van der Waals surface area contributed by atoms with Crippen LogP contribution in [0.2, 0.25) is 0 Å². The lowest BCUT2D eigenvalue weighted by Crippen LogP contribution is -2.18. The Balaban J connectivity index is 1.15. The van der Waals surface area contributed by atoms with Gasteiger partial charge in [0.05, 0.1) is 48.9 Å². The van der Waals surface area contributed by atoms with E-state index in [1.807, 2.05) is 0 Å². The van der Waals surface area contributed by atoms with Gasteiger partial charge in [-0.15, -0.1) is 0 Å². The first-order valence-corrected chi connectivity index (χ1v) is 15.0. The molecule has 0 spiro atoms. The molecule has 0 radical (unpaired) electrons. The molecule has 50 heavy (non-hydrogen) atoms. The minimum absolute atomic E-state index is 0.0109. The normalized spacial score (nSPS) is 10.8. The molecule has 5 rings (SSSR count). The van der Waals surface area contributed by atoms with Gasteiger partial charge in [0.1, 0.15) is 23.0 Å². The minimum Gasteiger partial charge on any atom is -0.496 e. The van der Waals surface area contributed by atoms with E-state index < -0.39 is 23.8 Å². The molecule has 0 heterocycles. The van der Waals surface area contributed by atoms with Crippen LogP contribution in [0, 0.1) is 0 Å². The molecule has 0 bridgehead atoms. The van der Waals surface area contributed by atoms with Crippen LogP contribution in [0.25, 0.3) is 0 Å². The number of rotatable bonds is 12. The molecule has 0 aliphatic heterocycles. The van der Waals surface area contributed by atoms with E-state index in [1.165, 1.54) is 38.8 Å². The van der Waals surface area contributed by atoms with Crippen LogP contribution in [-0.4, -0.2) is 50.4 Å². The molecule has 0 aromatic heterocycles. The number of benzene rings is 5. The number of hydrazone groups is 2. The Kier molecular flexibility index (Phi) is 11.4. The summed E-state index contributed by atoms with van der Waals surface area (Å²) in [4.78, 5) is 50.9. The van der Waals surface area contributed by atoms with Gasteiger partial charge in [-0.1, -0.05) is 36.4 Å². The van der Waals surface area contributed by atoms with Gasteiger partial charge in [-0.3, -0.25) is 9.59 Å². The summed E-state index contributed by atoms with van der Waals surface area (Å²) < 4.78 is 21.4. The number of para-hydroxylation sites is 2. The van der Waals surface area contributed by atoms with Crippen LogP contribution in [-0.2, 0) is 0 Å². The predicted octanol–water partition coefficient (Wildman–Crippen LogP) is 5.67. The van der Waals surface area contributed by atoms with Crippen molar-refractivity contribution in [3.8, 4) is 23.0 Å². The Morgan fingerprint density at radius 1 is 0.480 bits per heavy atom. The third-order valence-corrected chi connectivity index (χ3v) is 7.01. The first kappa shape index (κ1) is 34.3. The monoisotopic (exact) mass is 670 g/mol. The molecule has 12 nitrogen and oxygen atoms in total. The maximum atomic E-state index is 13.1. The van der Waals surface area contributed by atoms with E-state index in [0.717, 1.165) is 0 Å². The summed E-state index contributed by atoms with van der Waals surface area (Å²) in [5.74, 6) is -1.09. The number of methoxy groups -OCH3 is 2. The molecule has 0 saturated heterocycles. The van der Waals surface area contributed by atoms with Gasteiger partial charge >= 0.3 is 11.9 Å². The van der Waals surface area contributed by atoms with Gasteiger partial charge in [-0.25, -0.2) is 20.4 Å². The highest BCUT2D eigenvalue weighted by Crippen LogP contribution is 2.20. The highest BCUT2D eigenvalue weighted by atomic mass is 16.5. The summed E-state index contributed by atoms with van der Waals surface area (Å²) in [5, 5.41) is 7.94. The summed E-state index contributed by atoms with van der Waals surface area (Å²) in [5.41, 5.74) is 6.85. The van der Waals surface area contributed by atoms with Crippen molar-refractivity contribution in [3.05, 3.63) is 155 Å². The number of hydrogen-bond acceptors (Lipinski definition) is 10. The molecule has 0 aliphatic carbocycles. The quantitative estimate of drug-likeness (QED) is 0.0745. The highest BCUT2D eigenvalue weighted by Gasteiger charge is 2.20. The molecule has 0 atom stereocenters. The van der Waals surface area contributed by atoms with Crippen molar-refractivity contribution in [3.63, 3.8) is 0 Å². The van der Waals surface area contributed by atoms with Crippen LogP contribution >= 0.6 is 0 Å². The van der Waals surface area contributed by atoms with Gasteiger partial charge in [0.15, 0.2) is 0 Å². The number of hydrogen-bond donors (Lipinski definition) is 2. The first-order chi connectivity index (χ1) is 24.4. The summed E-state index contributed by atoms with van der Waals surface area (Å²) in [6.45, 7) is 0. The summed E-state index contributed by atoms with van der Waals surface area (Å²) in [6.07, 6.45) is 2.87.